The third-order valence-electron chi connectivity index (χ3n) is 5.24. The fourth-order valence-electron chi connectivity index (χ4n) is 3.67. The molecule has 1 N–H and O–H groups in total. The van der Waals surface area contributed by atoms with Crippen molar-refractivity contribution in [1.29, 1.82) is 0 Å². The number of carbonyl (C=O) groups excluding carboxylic acids is 2. The van der Waals surface area contributed by atoms with E-state index in [4.69, 9.17) is 21.1 Å². The number of nitrogens with zero attached hydrogens (tertiary/aromatic N) is 1. The van der Waals surface area contributed by atoms with Crippen LogP contribution in [0.15, 0.2) is 72.4 Å². The predicted octanol–water partition coefficient (Wildman–Crippen LogP) is 5.06. The molecule has 0 atom stereocenters. The van der Waals surface area contributed by atoms with E-state index in [0.717, 1.165) is 5.56 Å². The molecule has 0 saturated heterocycles. The normalized spacial score (nSPS) is 13.6. The Morgan fingerprint density at radius 3 is 2.22 bits per heavy atom. The number of benzene rings is 3. The van der Waals surface area contributed by atoms with E-state index in [1.807, 2.05) is 19.1 Å². The molecule has 6 nitrogen and oxygen atoms in total. The minimum absolute atomic E-state index is 0.143. The van der Waals surface area contributed by atoms with Gasteiger partial charge in [-0.15, -0.1) is 0 Å². The molecule has 0 radical (unpaired) electrons. The zero-order chi connectivity index (χ0) is 22.8. The highest BCUT2D eigenvalue weighted by atomic mass is 35.5. The second-order valence-electron chi connectivity index (χ2n) is 7.16. The lowest BCUT2D eigenvalue weighted by molar-refractivity contribution is -0.120. The van der Waals surface area contributed by atoms with Crippen molar-refractivity contribution in [2.75, 3.05) is 24.4 Å². The molecule has 0 saturated carbocycles. The second kappa shape index (κ2) is 8.77. The van der Waals surface area contributed by atoms with Crippen LogP contribution in [0, 0.1) is 6.92 Å². The summed E-state index contributed by atoms with van der Waals surface area (Å²) in [5.41, 5.74) is 2.77. The summed E-state index contributed by atoms with van der Waals surface area (Å²) >= 11 is 6.26. The molecule has 32 heavy (non-hydrogen) atoms. The van der Waals surface area contributed by atoms with Crippen LogP contribution in [-0.2, 0) is 9.59 Å². The number of aryl methyl sites for hydroxylation is 1. The Morgan fingerprint density at radius 1 is 0.844 bits per heavy atom. The molecule has 3 aromatic carbocycles. The van der Waals surface area contributed by atoms with Gasteiger partial charge in [-0.05, 0) is 42.8 Å². The minimum Gasteiger partial charge on any atom is -0.496 e. The van der Waals surface area contributed by atoms with E-state index in [2.05, 4.69) is 5.32 Å². The topological polar surface area (TPSA) is 67.9 Å². The molecule has 0 fully saturated rings. The molecule has 7 heteroatoms. The van der Waals surface area contributed by atoms with Crippen LogP contribution in [0.2, 0.25) is 5.02 Å². The van der Waals surface area contributed by atoms with E-state index in [1.165, 1.54) is 19.1 Å². The first-order chi connectivity index (χ1) is 15.5. The van der Waals surface area contributed by atoms with Crippen molar-refractivity contribution < 1.29 is 19.1 Å². The van der Waals surface area contributed by atoms with Crippen LogP contribution in [0.1, 0.15) is 11.1 Å². The standard InChI is InChI=1S/C25H21ClN2O4/c1-15-8-4-6-10-19(15)28-24(29)22(17-9-5-7-11-20(17)31-2)23(25(28)30)27-16-12-13-21(32-3)18(26)14-16/h4-14,27H,1-3H3. The molecular formula is C25H21ClN2O4. The van der Waals surface area contributed by atoms with Gasteiger partial charge in [-0.25, -0.2) is 4.90 Å². The first-order valence-corrected chi connectivity index (χ1v) is 10.3. The van der Waals surface area contributed by atoms with Gasteiger partial charge in [0, 0.05) is 11.3 Å². The summed E-state index contributed by atoms with van der Waals surface area (Å²) in [5, 5.41) is 3.48. The van der Waals surface area contributed by atoms with Gasteiger partial charge < -0.3 is 14.8 Å². The van der Waals surface area contributed by atoms with E-state index in [1.54, 1.807) is 54.6 Å². The molecule has 1 heterocycles. The van der Waals surface area contributed by atoms with Crippen LogP contribution < -0.4 is 19.7 Å². The highest BCUT2D eigenvalue weighted by molar-refractivity contribution is 6.46. The summed E-state index contributed by atoms with van der Waals surface area (Å²) in [5.74, 6) is 0.0990. The van der Waals surface area contributed by atoms with Gasteiger partial charge in [0.2, 0.25) is 0 Å². The number of rotatable bonds is 6. The maximum atomic E-state index is 13.6. The summed E-state index contributed by atoms with van der Waals surface area (Å²) in [4.78, 5) is 28.3. The lowest BCUT2D eigenvalue weighted by Gasteiger charge is -2.18. The molecule has 0 spiro atoms. The van der Waals surface area contributed by atoms with Gasteiger partial charge in [-0.2, -0.15) is 0 Å². The van der Waals surface area contributed by atoms with Gasteiger partial charge in [0.15, 0.2) is 0 Å². The van der Waals surface area contributed by atoms with Crippen LogP contribution in [0.25, 0.3) is 5.57 Å². The number of halogens is 1. The maximum Gasteiger partial charge on any atom is 0.282 e. The zero-order valence-electron chi connectivity index (χ0n) is 17.8. The maximum absolute atomic E-state index is 13.6. The molecule has 0 aromatic heterocycles. The zero-order valence-corrected chi connectivity index (χ0v) is 18.6. The molecule has 4 rings (SSSR count). The van der Waals surface area contributed by atoms with Crippen molar-refractivity contribution in [2.24, 2.45) is 0 Å². The SMILES string of the molecule is COc1ccc(NC2=C(c3ccccc3OC)C(=O)N(c3ccccc3C)C2=O)cc1Cl. The Hall–Kier alpha value is -3.77. The lowest BCUT2D eigenvalue weighted by atomic mass is 10.0. The van der Waals surface area contributed by atoms with E-state index >= 15 is 0 Å². The Labute approximate surface area is 191 Å². The smallest absolute Gasteiger partial charge is 0.282 e. The van der Waals surface area contributed by atoms with Crippen molar-refractivity contribution in [3.05, 3.63) is 88.6 Å². The molecule has 1 aliphatic rings. The number of imide groups is 1. The van der Waals surface area contributed by atoms with Crippen molar-refractivity contribution in [3.8, 4) is 11.5 Å². The van der Waals surface area contributed by atoms with Gasteiger partial charge in [0.05, 0.1) is 30.5 Å². The largest absolute Gasteiger partial charge is 0.496 e. The number of carbonyl (C=O) groups is 2. The van der Waals surface area contributed by atoms with Crippen LogP contribution >= 0.6 is 11.6 Å². The van der Waals surface area contributed by atoms with Crippen molar-refractivity contribution >= 4 is 40.4 Å². The molecule has 3 aromatic rings. The van der Waals surface area contributed by atoms with Gasteiger partial charge in [0.1, 0.15) is 17.2 Å². The highest BCUT2D eigenvalue weighted by Crippen LogP contribution is 2.38. The molecule has 0 aliphatic carbocycles. The number of hydrogen-bond acceptors (Lipinski definition) is 5. The Kier molecular flexibility index (Phi) is 5.88. The van der Waals surface area contributed by atoms with Crippen LogP contribution in [0.3, 0.4) is 0 Å². The fraction of sp³-hybridized carbons (Fsp3) is 0.120. The van der Waals surface area contributed by atoms with E-state index in [-0.39, 0.29) is 11.3 Å². The molecule has 2 amide bonds. The Morgan fingerprint density at radius 2 is 1.53 bits per heavy atom. The third kappa shape index (κ3) is 3.69. The number of methoxy groups -OCH3 is 2. The van der Waals surface area contributed by atoms with Crippen LogP contribution in [0.4, 0.5) is 11.4 Å². The van der Waals surface area contributed by atoms with Gasteiger partial charge in [-0.1, -0.05) is 48.0 Å². The van der Waals surface area contributed by atoms with Crippen LogP contribution in [0.5, 0.6) is 11.5 Å². The predicted molar refractivity (Wildman–Crippen MR) is 125 cm³/mol. The number of amides is 2. The molecular weight excluding hydrogens is 428 g/mol. The van der Waals surface area contributed by atoms with E-state index < -0.39 is 11.8 Å². The van der Waals surface area contributed by atoms with Crippen molar-refractivity contribution in [2.45, 2.75) is 6.92 Å². The van der Waals surface area contributed by atoms with Gasteiger partial charge in [-0.3, -0.25) is 9.59 Å². The monoisotopic (exact) mass is 448 g/mol. The van der Waals surface area contributed by atoms with Crippen LogP contribution in [-0.4, -0.2) is 26.0 Å². The number of hydrogen-bond donors (Lipinski definition) is 1. The third-order valence-corrected chi connectivity index (χ3v) is 5.53. The van der Waals surface area contributed by atoms with Gasteiger partial charge >= 0.3 is 0 Å². The number of para-hydroxylation sites is 2. The fourth-order valence-corrected chi connectivity index (χ4v) is 3.93. The highest BCUT2D eigenvalue weighted by Gasteiger charge is 2.41. The molecule has 162 valence electrons. The second-order valence-corrected chi connectivity index (χ2v) is 7.56. The molecule has 0 unspecified atom stereocenters. The summed E-state index contributed by atoms with van der Waals surface area (Å²) in [6.07, 6.45) is 0. The van der Waals surface area contributed by atoms with E-state index in [0.29, 0.717) is 33.5 Å². The summed E-state index contributed by atoms with van der Waals surface area (Å²) in [7, 11) is 3.05. The summed E-state index contributed by atoms with van der Waals surface area (Å²) in [6, 6.07) is 19.4. The molecule has 0 bridgehead atoms. The van der Waals surface area contributed by atoms with Crippen molar-refractivity contribution in [1.82, 2.24) is 0 Å². The average molecular weight is 449 g/mol. The average Bonchev–Trinajstić information content (AvgIpc) is 3.03. The number of ether oxygens (including phenoxy) is 2. The first kappa shape index (κ1) is 21.5. The summed E-state index contributed by atoms with van der Waals surface area (Å²) in [6.45, 7) is 1.85. The quantitative estimate of drug-likeness (QED) is 0.534. The summed E-state index contributed by atoms with van der Waals surface area (Å²) < 4.78 is 10.7. The lowest BCUT2D eigenvalue weighted by Crippen LogP contribution is -2.33. The van der Waals surface area contributed by atoms with Crippen molar-refractivity contribution in [3.63, 3.8) is 0 Å². The molecule has 1 aliphatic heterocycles. The van der Waals surface area contributed by atoms with Gasteiger partial charge in [0.25, 0.3) is 11.8 Å². The minimum atomic E-state index is -0.461. The number of nitrogens with one attached hydrogen (secondary N) is 1. The Bertz CT molecular complexity index is 1250. The Balaban J connectivity index is 1.87. The van der Waals surface area contributed by atoms with E-state index in [9.17, 15) is 9.59 Å². The first-order valence-electron chi connectivity index (χ1n) is 9.89. The number of anilines is 2.